The van der Waals surface area contributed by atoms with Crippen LogP contribution in [0.2, 0.25) is 0 Å². The molecule has 272 valence electrons. The van der Waals surface area contributed by atoms with Crippen molar-refractivity contribution >= 4 is 34.1 Å². The van der Waals surface area contributed by atoms with Gasteiger partial charge in [0, 0.05) is 41.1 Å². The number of anilines is 2. The van der Waals surface area contributed by atoms with Gasteiger partial charge in [0.1, 0.15) is 6.73 Å². The number of ketones is 2. The molecule has 0 heterocycles. The summed E-state index contributed by atoms with van der Waals surface area (Å²) in [4.78, 5) is 44.3. The van der Waals surface area contributed by atoms with Crippen molar-refractivity contribution in [1.29, 1.82) is 0 Å². The Bertz CT molecular complexity index is 1960. The normalized spacial score (nSPS) is 12.7. The van der Waals surface area contributed by atoms with Crippen LogP contribution >= 0.6 is 0 Å². The van der Waals surface area contributed by atoms with Crippen molar-refractivity contribution in [2.45, 2.75) is 52.6 Å². The van der Waals surface area contributed by atoms with Crippen LogP contribution in [0.25, 0.3) is 11.1 Å². The van der Waals surface area contributed by atoms with E-state index in [4.69, 9.17) is 14.6 Å². The van der Waals surface area contributed by atoms with Gasteiger partial charge in [-0.15, -0.1) is 0 Å². The molecule has 4 aromatic rings. The van der Waals surface area contributed by atoms with Crippen LogP contribution in [0.5, 0.6) is 0 Å². The van der Waals surface area contributed by atoms with Crippen LogP contribution in [-0.4, -0.2) is 44.6 Å². The Kier molecular flexibility index (Phi) is 12.3. The van der Waals surface area contributed by atoms with Gasteiger partial charge in [-0.1, -0.05) is 85.0 Å². The predicted octanol–water partition coefficient (Wildman–Crippen LogP) is 8.24. The van der Waals surface area contributed by atoms with Crippen LogP contribution in [0.15, 0.2) is 98.1 Å². The van der Waals surface area contributed by atoms with Crippen molar-refractivity contribution in [1.82, 2.24) is 10.8 Å². The summed E-state index contributed by atoms with van der Waals surface area (Å²) in [6, 6.07) is 27.0. The summed E-state index contributed by atoms with van der Waals surface area (Å²) < 4.78 is 0. The van der Waals surface area contributed by atoms with Crippen molar-refractivity contribution in [2.24, 2.45) is 0 Å². The summed E-state index contributed by atoms with van der Waals surface area (Å²) in [6.45, 7) is 21.8. The van der Waals surface area contributed by atoms with E-state index < -0.39 is 5.54 Å². The van der Waals surface area contributed by atoms with E-state index >= 15 is 0 Å². The third-order valence-electron chi connectivity index (χ3n) is 9.23. The van der Waals surface area contributed by atoms with E-state index in [0.717, 1.165) is 33.4 Å². The summed E-state index contributed by atoms with van der Waals surface area (Å²) in [5, 5.41) is 9.90. The number of hydroxylamine groups is 1. The standard InChI is InChI=1S/C43H50N4O5/c1-28(2)30-13-9-15-32(25-30)42(5,6)46-27-52-51-24-22-45-37-20-12-18-35-39(37)41(49)34-17-11-19-36(38(34)40(35)48)44-21-23-50-47-43(7,8)33-16-10-14-31(26-33)29(3)4/h9-20,25-26,44-47H,1,3,21-24,27H2,2,4-8H3. The van der Waals surface area contributed by atoms with Crippen LogP contribution in [-0.2, 0) is 25.7 Å². The Balaban J connectivity index is 1.12. The third kappa shape index (κ3) is 8.93. The Labute approximate surface area is 307 Å². The second-order valence-electron chi connectivity index (χ2n) is 14.2. The summed E-state index contributed by atoms with van der Waals surface area (Å²) in [5.74, 6) is -0.427. The number of fused-ring (bicyclic) bond motifs is 2. The van der Waals surface area contributed by atoms with Gasteiger partial charge in [-0.25, -0.2) is 9.78 Å². The highest BCUT2D eigenvalue weighted by molar-refractivity contribution is 6.31. The highest BCUT2D eigenvalue weighted by Crippen LogP contribution is 2.35. The highest BCUT2D eigenvalue weighted by atomic mass is 17.2. The maximum Gasteiger partial charge on any atom is 0.196 e. The lowest BCUT2D eigenvalue weighted by Gasteiger charge is -2.27. The molecular weight excluding hydrogens is 652 g/mol. The van der Waals surface area contributed by atoms with Crippen LogP contribution in [0.1, 0.15) is 95.6 Å². The maximum atomic E-state index is 13.8. The molecule has 0 aliphatic heterocycles. The van der Waals surface area contributed by atoms with E-state index in [1.165, 1.54) is 0 Å². The molecular formula is C43H50N4O5. The molecule has 1 aliphatic carbocycles. The van der Waals surface area contributed by atoms with E-state index in [1.54, 1.807) is 30.3 Å². The number of hydrogen-bond acceptors (Lipinski definition) is 9. The number of carbonyl (C=O) groups excluding carboxylic acids is 2. The first-order valence-corrected chi connectivity index (χ1v) is 17.5. The summed E-state index contributed by atoms with van der Waals surface area (Å²) in [6.07, 6.45) is 0. The first-order chi connectivity index (χ1) is 24.8. The topological polar surface area (TPSA) is 110 Å². The van der Waals surface area contributed by atoms with E-state index in [-0.39, 0.29) is 30.4 Å². The smallest absolute Gasteiger partial charge is 0.196 e. The predicted molar refractivity (Wildman–Crippen MR) is 209 cm³/mol. The molecule has 0 bridgehead atoms. The molecule has 5 rings (SSSR count). The van der Waals surface area contributed by atoms with Gasteiger partial charge in [0.25, 0.3) is 0 Å². The van der Waals surface area contributed by atoms with Gasteiger partial charge in [0.05, 0.1) is 29.9 Å². The van der Waals surface area contributed by atoms with Crippen molar-refractivity contribution in [3.8, 4) is 0 Å². The largest absolute Gasteiger partial charge is 0.382 e. The fourth-order valence-electron chi connectivity index (χ4n) is 6.05. The lowest BCUT2D eigenvalue weighted by molar-refractivity contribution is -0.298. The molecule has 0 fully saturated rings. The first kappa shape index (κ1) is 38.3. The molecule has 52 heavy (non-hydrogen) atoms. The first-order valence-electron chi connectivity index (χ1n) is 17.5. The average molecular weight is 703 g/mol. The molecule has 9 heteroatoms. The fraction of sp³-hybridized carbons (Fsp3) is 0.302. The van der Waals surface area contributed by atoms with Gasteiger partial charge in [-0.2, -0.15) is 5.48 Å². The Morgan fingerprint density at radius 2 is 1.12 bits per heavy atom. The zero-order chi connectivity index (χ0) is 37.5. The van der Waals surface area contributed by atoms with E-state index in [2.05, 4.69) is 66.6 Å². The molecule has 0 amide bonds. The fourth-order valence-corrected chi connectivity index (χ4v) is 6.05. The molecule has 0 spiro atoms. The van der Waals surface area contributed by atoms with Gasteiger partial charge in [-0.3, -0.25) is 19.7 Å². The molecule has 0 saturated carbocycles. The monoisotopic (exact) mass is 702 g/mol. The number of hydrogen-bond donors (Lipinski definition) is 4. The maximum absolute atomic E-state index is 13.8. The van der Waals surface area contributed by atoms with Gasteiger partial charge in [0.15, 0.2) is 11.6 Å². The van der Waals surface area contributed by atoms with Crippen LogP contribution in [0.3, 0.4) is 0 Å². The summed E-state index contributed by atoms with van der Waals surface area (Å²) in [7, 11) is 0. The van der Waals surface area contributed by atoms with Crippen LogP contribution in [0, 0.1) is 0 Å². The molecule has 0 atom stereocenters. The minimum absolute atomic E-state index is 0.177. The average Bonchev–Trinajstić information content (AvgIpc) is 3.13. The second kappa shape index (κ2) is 16.6. The molecule has 4 N–H and O–H groups in total. The van der Waals surface area contributed by atoms with Crippen LogP contribution in [0.4, 0.5) is 11.4 Å². The van der Waals surface area contributed by atoms with Gasteiger partial charge in [-0.05, 0) is 88.1 Å². The van der Waals surface area contributed by atoms with E-state index in [9.17, 15) is 9.59 Å². The SMILES string of the molecule is C=C(C)c1cccc(C(C)(C)NCOOCCNc2cccc3c2C(=O)c2cccc(NCCONC(C)(C)c4cccc(C(=C)C)c4)c2C3=O)c1. The quantitative estimate of drug-likeness (QED) is 0.0311. The highest BCUT2D eigenvalue weighted by Gasteiger charge is 2.33. The number of carbonyl (C=O) groups is 2. The van der Waals surface area contributed by atoms with Gasteiger partial charge >= 0.3 is 0 Å². The van der Waals surface area contributed by atoms with Crippen LogP contribution < -0.4 is 21.4 Å². The molecule has 9 nitrogen and oxygen atoms in total. The zero-order valence-electron chi connectivity index (χ0n) is 31.1. The molecule has 1 aliphatic rings. The minimum atomic E-state index is -0.443. The molecule has 4 aromatic carbocycles. The van der Waals surface area contributed by atoms with Gasteiger partial charge in [0.2, 0.25) is 0 Å². The Morgan fingerprint density at radius 1 is 0.635 bits per heavy atom. The molecule has 0 unspecified atom stereocenters. The zero-order valence-corrected chi connectivity index (χ0v) is 31.1. The lowest BCUT2D eigenvalue weighted by Crippen LogP contribution is -2.38. The summed E-state index contributed by atoms with van der Waals surface area (Å²) in [5.41, 5.74) is 11.3. The molecule has 0 saturated heterocycles. The number of benzene rings is 4. The van der Waals surface area contributed by atoms with Crippen molar-refractivity contribution in [3.05, 3.63) is 143 Å². The van der Waals surface area contributed by atoms with Gasteiger partial charge < -0.3 is 10.6 Å². The van der Waals surface area contributed by atoms with E-state index in [1.807, 2.05) is 64.1 Å². The number of nitrogens with one attached hydrogen (secondary N) is 4. The number of allylic oxidation sites excluding steroid dienone is 2. The molecule has 0 radical (unpaired) electrons. The van der Waals surface area contributed by atoms with Crippen molar-refractivity contribution in [2.75, 3.05) is 43.7 Å². The van der Waals surface area contributed by atoms with Crippen molar-refractivity contribution < 1.29 is 24.2 Å². The molecule has 0 aromatic heterocycles. The van der Waals surface area contributed by atoms with E-state index in [0.29, 0.717) is 53.3 Å². The second-order valence-corrected chi connectivity index (χ2v) is 14.2. The Morgan fingerprint density at radius 3 is 1.63 bits per heavy atom. The Hall–Kier alpha value is -4.90. The van der Waals surface area contributed by atoms with Crippen molar-refractivity contribution in [3.63, 3.8) is 0 Å². The summed E-state index contributed by atoms with van der Waals surface area (Å²) >= 11 is 0. The minimum Gasteiger partial charge on any atom is -0.382 e. The lowest BCUT2D eigenvalue weighted by atomic mass is 9.82. The third-order valence-corrected chi connectivity index (χ3v) is 9.23. The number of rotatable bonds is 18.